The summed E-state index contributed by atoms with van der Waals surface area (Å²) in [6, 6.07) is 4.70. The summed E-state index contributed by atoms with van der Waals surface area (Å²) in [5.41, 5.74) is 6.89. The zero-order chi connectivity index (χ0) is 13.0. The molecule has 2 rings (SSSR count). The minimum absolute atomic E-state index is 0.292. The molecule has 0 aliphatic carbocycles. The van der Waals surface area contributed by atoms with Crippen LogP contribution in [0.2, 0.25) is 0 Å². The third-order valence-corrected chi connectivity index (χ3v) is 2.61. The van der Waals surface area contributed by atoms with Crippen molar-refractivity contribution in [1.82, 2.24) is 10.1 Å². The van der Waals surface area contributed by atoms with Crippen LogP contribution in [0.4, 0.5) is 4.39 Å². The van der Waals surface area contributed by atoms with E-state index in [4.69, 9.17) is 10.3 Å². The molecule has 18 heavy (non-hydrogen) atoms. The van der Waals surface area contributed by atoms with Gasteiger partial charge in [-0.25, -0.2) is 4.39 Å². The van der Waals surface area contributed by atoms with Gasteiger partial charge in [0.1, 0.15) is 5.82 Å². The SMILES string of the molecule is Cc1cc(F)cc(-c2noc(CCCCN)n2)c1. The van der Waals surface area contributed by atoms with E-state index in [1.807, 2.05) is 13.0 Å². The Morgan fingerprint density at radius 2 is 2.11 bits per heavy atom. The van der Waals surface area contributed by atoms with E-state index >= 15 is 0 Å². The van der Waals surface area contributed by atoms with Crippen LogP contribution in [0.3, 0.4) is 0 Å². The number of nitrogens with zero attached hydrogens (tertiary/aromatic N) is 2. The number of unbranched alkanes of at least 4 members (excludes halogenated alkanes) is 1. The second-order valence-electron chi connectivity index (χ2n) is 4.27. The summed E-state index contributed by atoms with van der Waals surface area (Å²) in [4.78, 5) is 4.25. The molecule has 96 valence electrons. The Bertz CT molecular complexity index is 504. The molecule has 0 fully saturated rings. The third-order valence-electron chi connectivity index (χ3n) is 2.61. The molecular formula is C13H16FN3O. The van der Waals surface area contributed by atoms with Crippen molar-refractivity contribution in [1.29, 1.82) is 0 Å². The van der Waals surface area contributed by atoms with Crippen LogP contribution in [-0.2, 0) is 6.42 Å². The van der Waals surface area contributed by atoms with Crippen LogP contribution in [0.1, 0.15) is 24.3 Å². The van der Waals surface area contributed by atoms with Crippen LogP contribution >= 0.6 is 0 Å². The molecule has 2 N–H and O–H groups in total. The fourth-order valence-corrected chi connectivity index (χ4v) is 1.76. The normalized spacial score (nSPS) is 10.8. The number of nitrogens with two attached hydrogens (primary N) is 1. The summed E-state index contributed by atoms with van der Waals surface area (Å²) in [5, 5.41) is 3.86. The number of benzene rings is 1. The lowest BCUT2D eigenvalue weighted by Crippen LogP contribution is -1.99. The highest BCUT2D eigenvalue weighted by Gasteiger charge is 2.09. The van der Waals surface area contributed by atoms with Crippen molar-refractivity contribution in [3.63, 3.8) is 0 Å². The Kier molecular flexibility index (Phi) is 4.04. The van der Waals surface area contributed by atoms with Gasteiger partial charge < -0.3 is 10.3 Å². The zero-order valence-electron chi connectivity index (χ0n) is 10.3. The molecule has 2 aromatic rings. The summed E-state index contributed by atoms with van der Waals surface area (Å²) in [7, 11) is 0. The molecule has 0 bridgehead atoms. The quantitative estimate of drug-likeness (QED) is 0.827. The highest BCUT2D eigenvalue weighted by molar-refractivity contribution is 5.55. The van der Waals surface area contributed by atoms with Gasteiger partial charge in [0.25, 0.3) is 0 Å². The minimum atomic E-state index is -0.292. The number of aryl methyl sites for hydroxylation is 2. The molecule has 5 heteroatoms. The van der Waals surface area contributed by atoms with E-state index in [1.165, 1.54) is 12.1 Å². The van der Waals surface area contributed by atoms with Gasteiger partial charge in [0.15, 0.2) is 0 Å². The van der Waals surface area contributed by atoms with Crippen LogP contribution in [-0.4, -0.2) is 16.7 Å². The van der Waals surface area contributed by atoms with Crippen LogP contribution in [0.25, 0.3) is 11.4 Å². The van der Waals surface area contributed by atoms with E-state index in [1.54, 1.807) is 0 Å². The smallest absolute Gasteiger partial charge is 0.226 e. The maximum atomic E-state index is 13.3. The van der Waals surface area contributed by atoms with Gasteiger partial charge in [-0.15, -0.1) is 0 Å². The van der Waals surface area contributed by atoms with Crippen molar-refractivity contribution in [3.8, 4) is 11.4 Å². The fourth-order valence-electron chi connectivity index (χ4n) is 1.76. The Labute approximate surface area is 105 Å². The Hall–Kier alpha value is -1.75. The summed E-state index contributed by atoms with van der Waals surface area (Å²) in [6.07, 6.45) is 2.55. The van der Waals surface area contributed by atoms with Crippen molar-refractivity contribution >= 4 is 0 Å². The molecule has 0 spiro atoms. The Morgan fingerprint density at radius 3 is 2.83 bits per heavy atom. The Morgan fingerprint density at radius 1 is 1.28 bits per heavy atom. The van der Waals surface area contributed by atoms with E-state index in [0.717, 1.165) is 18.4 Å². The molecule has 1 aromatic heterocycles. The first-order valence-corrected chi connectivity index (χ1v) is 5.99. The van der Waals surface area contributed by atoms with Crippen molar-refractivity contribution in [3.05, 3.63) is 35.5 Å². The van der Waals surface area contributed by atoms with Gasteiger partial charge in [-0.3, -0.25) is 0 Å². The first kappa shape index (κ1) is 12.7. The lowest BCUT2D eigenvalue weighted by atomic mass is 10.1. The molecule has 0 aliphatic heterocycles. The van der Waals surface area contributed by atoms with Crippen molar-refractivity contribution < 1.29 is 8.91 Å². The third kappa shape index (κ3) is 3.13. The van der Waals surface area contributed by atoms with Crippen molar-refractivity contribution in [2.24, 2.45) is 5.73 Å². The number of hydrogen-bond donors (Lipinski definition) is 1. The lowest BCUT2D eigenvalue weighted by Gasteiger charge is -1.97. The molecule has 0 aliphatic rings. The molecule has 1 aromatic carbocycles. The van der Waals surface area contributed by atoms with Gasteiger partial charge in [0.05, 0.1) is 0 Å². The van der Waals surface area contributed by atoms with E-state index in [2.05, 4.69) is 10.1 Å². The molecule has 0 saturated carbocycles. The summed E-state index contributed by atoms with van der Waals surface area (Å²) < 4.78 is 18.4. The zero-order valence-corrected chi connectivity index (χ0v) is 10.3. The van der Waals surface area contributed by atoms with Crippen LogP contribution in [0.5, 0.6) is 0 Å². The van der Waals surface area contributed by atoms with Crippen molar-refractivity contribution in [2.45, 2.75) is 26.2 Å². The number of halogens is 1. The van der Waals surface area contributed by atoms with Gasteiger partial charge >= 0.3 is 0 Å². The topological polar surface area (TPSA) is 64.9 Å². The van der Waals surface area contributed by atoms with Crippen LogP contribution in [0, 0.1) is 12.7 Å². The van der Waals surface area contributed by atoms with E-state index in [9.17, 15) is 4.39 Å². The van der Waals surface area contributed by atoms with Gasteiger partial charge in [-0.2, -0.15) is 4.98 Å². The van der Waals surface area contributed by atoms with Crippen LogP contribution in [0.15, 0.2) is 22.7 Å². The van der Waals surface area contributed by atoms with Crippen molar-refractivity contribution in [2.75, 3.05) is 6.54 Å². The van der Waals surface area contributed by atoms with Crippen LogP contribution < -0.4 is 5.73 Å². The number of rotatable bonds is 5. The molecule has 4 nitrogen and oxygen atoms in total. The monoisotopic (exact) mass is 249 g/mol. The van der Waals surface area contributed by atoms with E-state index < -0.39 is 0 Å². The second kappa shape index (κ2) is 5.73. The van der Waals surface area contributed by atoms with Gasteiger partial charge in [0.2, 0.25) is 11.7 Å². The average molecular weight is 249 g/mol. The molecule has 0 radical (unpaired) electrons. The van der Waals surface area contributed by atoms with Gasteiger partial charge in [-0.1, -0.05) is 5.16 Å². The number of hydrogen-bond acceptors (Lipinski definition) is 4. The maximum absolute atomic E-state index is 13.3. The molecule has 0 saturated heterocycles. The molecule has 1 heterocycles. The number of aromatic nitrogens is 2. The van der Waals surface area contributed by atoms with E-state index in [0.29, 0.717) is 30.2 Å². The largest absolute Gasteiger partial charge is 0.339 e. The minimum Gasteiger partial charge on any atom is -0.339 e. The van der Waals surface area contributed by atoms with E-state index in [-0.39, 0.29) is 5.82 Å². The summed E-state index contributed by atoms with van der Waals surface area (Å²) in [6.45, 7) is 2.49. The molecule has 0 atom stereocenters. The molecular weight excluding hydrogens is 233 g/mol. The standard InChI is InChI=1S/C13H16FN3O/c1-9-6-10(8-11(14)7-9)13-16-12(18-17-13)4-2-3-5-15/h6-8H,2-5,15H2,1H3. The summed E-state index contributed by atoms with van der Waals surface area (Å²) in [5.74, 6) is 0.709. The maximum Gasteiger partial charge on any atom is 0.226 e. The average Bonchev–Trinajstić information content (AvgIpc) is 2.77. The first-order valence-electron chi connectivity index (χ1n) is 5.99. The summed E-state index contributed by atoms with van der Waals surface area (Å²) >= 11 is 0. The lowest BCUT2D eigenvalue weighted by molar-refractivity contribution is 0.375. The highest BCUT2D eigenvalue weighted by atomic mass is 19.1. The highest BCUT2D eigenvalue weighted by Crippen LogP contribution is 2.19. The molecule has 0 unspecified atom stereocenters. The fraction of sp³-hybridized carbons (Fsp3) is 0.385. The van der Waals surface area contributed by atoms with Gasteiger partial charge in [-0.05, 0) is 50.1 Å². The Balaban J connectivity index is 2.13. The van der Waals surface area contributed by atoms with Gasteiger partial charge in [0, 0.05) is 12.0 Å². The predicted molar refractivity (Wildman–Crippen MR) is 66.4 cm³/mol. The first-order chi connectivity index (χ1) is 8.69. The second-order valence-corrected chi connectivity index (χ2v) is 4.27. The molecule has 0 amide bonds. The predicted octanol–water partition coefficient (Wildman–Crippen LogP) is 2.47.